The van der Waals surface area contributed by atoms with Crippen LogP contribution in [0.15, 0.2) is 53.4 Å². The maximum Gasteiger partial charge on any atom is 0.344 e. The van der Waals surface area contributed by atoms with Gasteiger partial charge < -0.3 is 9.84 Å². The highest BCUT2D eigenvalue weighted by Crippen LogP contribution is 2.33. The molecule has 8 heteroatoms. The number of amides is 2. The van der Waals surface area contributed by atoms with Crippen LogP contribution in [-0.4, -0.2) is 33.2 Å². The number of hydrogen-bond donors (Lipinski definition) is 1. The molecule has 6 nitrogen and oxygen atoms in total. The Labute approximate surface area is 164 Å². The number of thioether (sulfide) groups is 1. The first-order chi connectivity index (χ1) is 13.3. The van der Waals surface area contributed by atoms with Gasteiger partial charge in [0.2, 0.25) is 0 Å². The van der Waals surface area contributed by atoms with Gasteiger partial charge in [-0.1, -0.05) is 24.3 Å². The van der Waals surface area contributed by atoms with Crippen molar-refractivity contribution in [2.24, 2.45) is 0 Å². The van der Waals surface area contributed by atoms with E-state index < -0.39 is 23.2 Å². The second kappa shape index (κ2) is 8.26. The molecule has 0 aromatic heterocycles. The molecule has 1 aliphatic heterocycles. The molecule has 1 N–H and O–H groups in total. The Morgan fingerprint density at radius 3 is 2.43 bits per heavy atom. The number of hydrogen-bond acceptors (Lipinski definition) is 5. The monoisotopic (exact) mass is 401 g/mol. The van der Waals surface area contributed by atoms with Crippen molar-refractivity contribution in [1.29, 1.82) is 0 Å². The molecule has 0 saturated carbocycles. The lowest BCUT2D eigenvalue weighted by atomic mass is 10.2. The van der Waals surface area contributed by atoms with Crippen LogP contribution in [0.1, 0.15) is 18.1 Å². The fraction of sp³-hybridized carbons (Fsp3) is 0.150. The molecule has 28 heavy (non-hydrogen) atoms. The van der Waals surface area contributed by atoms with Gasteiger partial charge >= 0.3 is 5.97 Å². The van der Waals surface area contributed by atoms with Crippen molar-refractivity contribution in [1.82, 2.24) is 4.90 Å². The number of aliphatic carboxylic acids is 1. The minimum absolute atomic E-state index is 0.0716. The van der Waals surface area contributed by atoms with E-state index in [1.807, 2.05) is 0 Å². The Morgan fingerprint density at radius 1 is 1.18 bits per heavy atom. The zero-order chi connectivity index (χ0) is 20.3. The largest absolute Gasteiger partial charge is 0.479 e. The van der Waals surface area contributed by atoms with Crippen molar-refractivity contribution in [3.63, 3.8) is 0 Å². The van der Waals surface area contributed by atoms with Crippen LogP contribution in [0.4, 0.5) is 9.18 Å². The van der Waals surface area contributed by atoms with E-state index in [-0.39, 0.29) is 17.3 Å². The van der Waals surface area contributed by atoms with E-state index in [0.29, 0.717) is 16.9 Å². The Morgan fingerprint density at radius 2 is 1.82 bits per heavy atom. The smallest absolute Gasteiger partial charge is 0.344 e. The number of ether oxygens (including phenoxy) is 1. The normalized spacial score (nSPS) is 16.5. The quantitative estimate of drug-likeness (QED) is 0.739. The summed E-state index contributed by atoms with van der Waals surface area (Å²) in [7, 11) is 0. The van der Waals surface area contributed by atoms with Crippen LogP contribution in [0.2, 0.25) is 0 Å². The number of imide groups is 1. The van der Waals surface area contributed by atoms with Crippen molar-refractivity contribution >= 4 is 35.0 Å². The molecule has 0 bridgehead atoms. The van der Waals surface area contributed by atoms with Crippen molar-refractivity contribution < 1.29 is 28.6 Å². The molecule has 1 aliphatic rings. The molecule has 1 atom stereocenters. The minimum atomic E-state index is -1.07. The number of carboxylic acid groups (broad SMARTS) is 1. The molecule has 2 aromatic carbocycles. The minimum Gasteiger partial charge on any atom is -0.479 e. The summed E-state index contributed by atoms with van der Waals surface area (Å²) in [6, 6.07) is 12.1. The summed E-state index contributed by atoms with van der Waals surface area (Å²) in [6.45, 7) is 1.50. The summed E-state index contributed by atoms with van der Waals surface area (Å²) in [5.74, 6) is -1.49. The summed E-state index contributed by atoms with van der Waals surface area (Å²) in [5, 5.41) is 8.46. The highest BCUT2D eigenvalue weighted by atomic mass is 32.2. The molecule has 3 rings (SSSR count). The molecule has 0 aliphatic carbocycles. The van der Waals surface area contributed by atoms with Gasteiger partial charge in [-0.25, -0.2) is 9.18 Å². The van der Waals surface area contributed by atoms with E-state index in [1.165, 1.54) is 31.2 Å². The highest BCUT2D eigenvalue weighted by molar-refractivity contribution is 8.18. The van der Waals surface area contributed by atoms with Gasteiger partial charge in [0, 0.05) is 0 Å². The van der Waals surface area contributed by atoms with Gasteiger partial charge in [-0.15, -0.1) is 0 Å². The Bertz CT molecular complexity index is 940. The van der Waals surface area contributed by atoms with Gasteiger partial charge in [-0.3, -0.25) is 14.5 Å². The van der Waals surface area contributed by atoms with Crippen LogP contribution in [0.3, 0.4) is 0 Å². The first kappa shape index (κ1) is 19.6. The second-order valence-electron chi connectivity index (χ2n) is 6.06. The lowest BCUT2D eigenvalue weighted by Gasteiger charge is -2.12. The topological polar surface area (TPSA) is 83.9 Å². The Kier molecular flexibility index (Phi) is 5.79. The van der Waals surface area contributed by atoms with Crippen LogP contribution < -0.4 is 4.74 Å². The molecule has 1 fully saturated rings. The average Bonchev–Trinajstić information content (AvgIpc) is 2.92. The maximum absolute atomic E-state index is 13.0. The SMILES string of the molecule is CC(Oc1ccc(/C=C2/SC(=O)N(Cc3ccc(F)cc3)C2=O)cc1)C(=O)O. The number of nitrogens with zero attached hydrogens (tertiary/aromatic N) is 1. The van der Waals surface area contributed by atoms with Gasteiger partial charge in [0.1, 0.15) is 11.6 Å². The highest BCUT2D eigenvalue weighted by Gasteiger charge is 2.34. The number of carbonyl (C=O) groups excluding carboxylic acids is 2. The first-order valence-corrected chi connectivity index (χ1v) is 9.14. The van der Waals surface area contributed by atoms with Gasteiger partial charge in [0.15, 0.2) is 6.10 Å². The van der Waals surface area contributed by atoms with E-state index in [4.69, 9.17) is 9.84 Å². The summed E-state index contributed by atoms with van der Waals surface area (Å²) in [4.78, 5) is 36.9. The van der Waals surface area contributed by atoms with Gasteiger partial charge in [-0.05, 0) is 60.2 Å². The van der Waals surface area contributed by atoms with Crippen LogP contribution >= 0.6 is 11.8 Å². The molecule has 0 radical (unpaired) electrons. The summed E-state index contributed by atoms with van der Waals surface area (Å²) in [6.07, 6.45) is 0.605. The standard InChI is InChI=1S/C20H16FNO5S/c1-12(19(24)25)27-16-8-4-13(5-9-16)10-17-18(23)22(20(26)28-17)11-14-2-6-15(21)7-3-14/h2-10,12H,11H2,1H3,(H,24,25)/b17-10+. The third-order valence-corrected chi connectivity index (χ3v) is 4.87. The van der Waals surface area contributed by atoms with Gasteiger partial charge in [0.05, 0.1) is 11.4 Å². The molecule has 1 saturated heterocycles. The lowest BCUT2D eigenvalue weighted by molar-refractivity contribution is -0.144. The van der Waals surface area contributed by atoms with Crippen molar-refractivity contribution in [2.75, 3.05) is 0 Å². The van der Waals surface area contributed by atoms with Crippen LogP contribution in [-0.2, 0) is 16.1 Å². The fourth-order valence-electron chi connectivity index (χ4n) is 2.46. The Balaban J connectivity index is 1.70. The first-order valence-electron chi connectivity index (χ1n) is 8.33. The van der Waals surface area contributed by atoms with Crippen molar-refractivity contribution in [3.05, 3.63) is 70.4 Å². The predicted octanol–water partition coefficient (Wildman–Crippen LogP) is 3.91. The van der Waals surface area contributed by atoms with Crippen molar-refractivity contribution in [2.45, 2.75) is 19.6 Å². The van der Waals surface area contributed by atoms with E-state index >= 15 is 0 Å². The third-order valence-electron chi connectivity index (χ3n) is 3.97. The molecular weight excluding hydrogens is 385 g/mol. The van der Waals surface area contributed by atoms with Gasteiger partial charge in [0.25, 0.3) is 11.1 Å². The second-order valence-corrected chi connectivity index (χ2v) is 7.05. The molecule has 144 valence electrons. The fourth-order valence-corrected chi connectivity index (χ4v) is 3.30. The molecular formula is C20H16FNO5S. The zero-order valence-corrected chi connectivity index (χ0v) is 15.6. The van der Waals surface area contributed by atoms with Gasteiger partial charge in [-0.2, -0.15) is 0 Å². The average molecular weight is 401 g/mol. The molecule has 1 heterocycles. The molecule has 2 amide bonds. The number of carboxylic acids is 1. The lowest BCUT2D eigenvalue weighted by Crippen LogP contribution is -2.27. The molecule has 1 unspecified atom stereocenters. The van der Waals surface area contributed by atoms with Crippen LogP contribution in [0.5, 0.6) is 5.75 Å². The summed E-state index contributed by atoms with van der Waals surface area (Å²) < 4.78 is 18.2. The molecule has 2 aromatic rings. The van der Waals surface area contributed by atoms with E-state index in [1.54, 1.807) is 30.3 Å². The van der Waals surface area contributed by atoms with Crippen LogP contribution in [0.25, 0.3) is 6.08 Å². The van der Waals surface area contributed by atoms with E-state index in [2.05, 4.69) is 0 Å². The predicted molar refractivity (Wildman–Crippen MR) is 102 cm³/mol. The number of rotatable bonds is 6. The van der Waals surface area contributed by atoms with Crippen LogP contribution in [0, 0.1) is 5.82 Å². The number of carbonyl (C=O) groups is 3. The third kappa shape index (κ3) is 4.58. The van der Waals surface area contributed by atoms with Crippen molar-refractivity contribution in [3.8, 4) is 5.75 Å². The zero-order valence-electron chi connectivity index (χ0n) is 14.8. The Hall–Kier alpha value is -3.13. The number of halogens is 1. The summed E-state index contributed by atoms with van der Waals surface area (Å²) >= 11 is 0.833. The number of benzene rings is 2. The summed E-state index contributed by atoms with van der Waals surface area (Å²) in [5.41, 5.74) is 1.32. The maximum atomic E-state index is 13.0. The molecule has 0 spiro atoms. The van der Waals surface area contributed by atoms with E-state index in [0.717, 1.165) is 16.7 Å². The van der Waals surface area contributed by atoms with E-state index in [9.17, 15) is 18.8 Å².